The SMILES string of the molecule is Cn1occ(N)c1=O. The Labute approximate surface area is 45.5 Å². The number of anilines is 1. The fraction of sp³-hybridized carbons (Fsp3) is 0.250. The Morgan fingerprint density at radius 3 is 2.62 bits per heavy atom. The second-order valence-corrected chi connectivity index (χ2v) is 1.48. The molecule has 0 saturated carbocycles. The van der Waals surface area contributed by atoms with Gasteiger partial charge in [-0.05, 0) is 0 Å². The van der Waals surface area contributed by atoms with Gasteiger partial charge in [0.2, 0.25) is 0 Å². The number of nitrogens with zero attached hydrogens (tertiary/aromatic N) is 1. The van der Waals surface area contributed by atoms with E-state index in [1.165, 1.54) is 13.3 Å². The highest BCUT2D eigenvalue weighted by Crippen LogP contribution is 1.88. The van der Waals surface area contributed by atoms with Crippen molar-refractivity contribution in [3.63, 3.8) is 0 Å². The Kier molecular flexibility index (Phi) is 0.865. The van der Waals surface area contributed by atoms with Crippen LogP contribution in [0.5, 0.6) is 0 Å². The van der Waals surface area contributed by atoms with Gasteiger partial charge in [-0.3, -0.25) is 4.79 Å². The summed E-state index contributed by atoms with van der Waals surface area (Å²) in [5, 5.41) is 0. The molecule has 0 aliphatic rings. The summed E-state index contributed by atoms with van der Waals surface area (Å²) in [5.74, 6) is 0. The van der Waals surface area contributed by atoms with Gasteiger partial charge < -0.3 is 10.3 Å². The van der Waals surface area contributed by atoms with Crippen molar-refractivity contribution in [3.05, 3.63) is 16.6 Å². The fourth-order valence-electron chi connectivity index (χ4n) is 0.416. The molecule has 4 nitrogen and oxygen atoms in total. The predicted octanol–water partition coefficient (Wildman–Crippen LogP) is -0.439. The molecule has 0 unspecified atom stereocenters. The number of nitrogens with two attached hydrogens (primary N) is 1. The third-order valence-corrected chi connectivity index (χ3v) is 0.871. The van der Waals surface area contributed by atoms with E-state index in [0.29, 0.717) is 0 Å². The third kappa shape index (κ3) is 0.501. The quantitative estimate of drug-likeness (QED) is 0.497. The summed E-state index contributed by atoms with van der Waals surface area (Å²) in [4.78, 5) is 10.5. The van der Waals surface area contributed by atoms with Gasteiger partial charge in [-0.15, -0.1) is 0 Å². The van der Waals surface area contributed by atoms with Crippen LogP contribution in [-0.4, -0.2) is 4.74 Å². The van der Waals surface area contributed by atoms with Gasteiger partial charge in [0, 0.05) is 7.05 Å². The molecule has 1 aromatic heterocycles. The first-order valence-electron chi connectivity index (χ1n) is 2.12. The normalized spacial score (nSPS) is 9.62. The molecule has 0 amide bonds. The van der Waals surface area contributed by atoms with Gasteiger partial charge in [-0.25, -0.2) is 0 Å². The molecule has 0 saturated heterocycles. The minimum Gasteiger partial charge on any atom is -0.392 e. The van der Waals surface area contributed by atoms with Crippen LogP contribution >= 0.6 is 0 Å². The molecule has 1 heterocycles. The number of nitrogen functional groups attached to an aromatic ring is 1. The van der Waals surface area contributed by atoms with Crippen LogP contribution in [0.15, 0.2) is 15.6 Å². The number of aryl methyl sites for hydroxylation is 1. The van der Waals surface area contributed by atoms with Gasteiger partial charge >= 0.3 is 5.56 Å². The van der Waals surface area contributed by atoms with Crippen molar-refractivity contribution < 1.29 is 4.52 Å². The van der Waals surface area contributed by atoms with E-state index < -0.39 is 0 Å². The fourth-order valence-corrected chi connectivity index (χ4v) is 0.416. The molecule has 1 rings (SSSR count). The highest BCUT2D eigenvalue weighted by molar-refractivity contribution is 5.28. The van der Waals surface area contributed by atoms with E-state index in [0.717, 1.165) is 4.74 Å². The van der Waals surface area contributed by atoms with Crippen LogP contribution in [-0.2, 0) is 7.05 Å². The zero-order chi connectivity index (χ0) is 6.15. The van der Waals surface area contributed by atoms with Crippen molar-refractivity contribution >= 4 is 5.69 Å². The monoisotopic (exact) mass is 114 g/mol. The summed E-state index contributed by atoms with van der Waals surface area (Å²) < 4.78 is 5.64. The molecule has 2 N–H and O–H groups in total. The molecule has 0 fully saturated rings. The average Bonchev–Trinajstić information content (AvgIpc) is 1.98. The third-order valence-electron chi connectivity index (χ3n) is 0.871. The molecule has 4 heteroatoms. The number of rotatable bonds is 0. The average molecular weight is 114 g/mol. The number of hydrogen-bond donors (Lipinski definition) is 1. The van der Waals surface area contributed by atoms with Crippen LogP contribution in [0.4, 0.5) is 5.69 Å². The Morgan fingerprint density at radius 2 is 2.50 bits per heavy atom. The van der Waals surface area contributed by atoms with Crippen molar-refractivity contribution in [1.82, 2.24) is 4.74 Å². The minimum absolute atomic E-state index is 0.146. The van der Waals surface area contributed by atoms with E-state index in [1.807, 2.05) is 0 Å². The molecule has 0 radical (unpaired) electrons. The minimum atomic E-state index is -0.287. The van der Waals surface area contributed by atoms with Crippen LogP contribution in [0.3, 0.4) is 0 Å². The van der Waals surface area contributed by atoms with Crippen LogP contribution in [0.1, 0.15) is 0 Å². The topological polar surface area (TPSA) is 61.2 Å². The van der Waals surface area contributed by atoms with E-state index in [1.54, 1.807) is 0 Å². The van der Waals surface area contributed by atoms with E-state index in [9.17, 15) is 4.79 Å². The van der Waals surface area contributed by atoms with E-state index in [-0.39, 0.29) is 11.2 Å². The zero-order valence-electron chi connectivity index (χ0n) is 4.42. The van der Waals surface area contributed by atoms with Crippen LogP contribution < -0.4 is 11.3 Å². The lowest BCUT2D eigenvalue weighted by Gasteiger charge is -1.77. The molecule has 0 atom stereocenters. The molecule has 1 aromatic rings. The van der Waals surface area contributed by atoms with Gasteiger partial charge in [-0.2, -0.15) is 4.74 Å². The Hall–Kier alpha value is -1.19. The predicted molar refractivity (Wildman–Crippen MR) is 28.4 cm³/mol. The summed E-state index contributed by atoms with van der Waals surface area (Å²) >= 11 is 0. The molecule has 0 bridgehead atoms. The van der Waals surface area contributed by atoms with Gasteiger partial charge in [0.15, 0.2) is 0 Å². The largest absolute Gasteiger partial charge is 0.392 e. The molecule has 0 aliphatic heterocycles. The van der Waals surface area contributed by atoms with Crippen LogP contribution in [0.2, 0.25) is 0 Å². The maximum absolute atomic E-state index is 10.5. The first kappa shape index (κ1) is 4.96. The van der Waals surface area contributed by atoms with Gasteiger partial charge in [-0.1, -0.05) is 0 Å². The summed E-state index contributed by atoms with van der Waals surface area (Å²) in [6.45, 7) is 0. The summed E-state index contributed by atoms with van der Waals surface area (Å²) in [6, 6.07) is 0. The molecule has 44 valence electrons. The smallest absolute Gasteiger partial charge is 0.305 e. The molecular weight excluding hydrogens is 108 g/mol. The highest BCUT2D eigenvalue weighted by atomic mass is 16.5. The summed E-state index contributed by atoms with van der Waals surface area (Å²) in [6.07, 6.45) is 1.21. The summed E-state index contributed by atoms with van der Waals surface area (Å²) in [5.41, 5.74) is 4.97. The highest BCUT2D eigenvalue weighted by Gasteiger charge is 1.96. The Morgan fingerprint density at radius 1 is 1.88 bits per heavy atom. The maximum Gasteiger partial charge on any atom is 0.305 e. The first-order valence-corrected chi connectivity index (χ1v) is 2.12. The molecule has 0 spiro atoms. The van der Waals surface area contributed by atoms with E-state index >= 15 is 0 Å². The van der Waals surface area contributed by atoms with Crippen molar-refractivity contribution in [3.8, 4) is 0 Å². The Balaban J connectivity index is 3.42. The van der Waals surface area contributed by atoms with Crippen molar-refractivity contribution in [2.75, 3.05) is 5.73 Å². The van der Waals surface area contributed by atoms with Gasteiger partial charge in [0.05, 0.1) is 0 Å². The van der Waals surface area contributed by atoms with Gasteiger partial charge in [0.1, 0.15) is 12.0 Å². The maximum atomic E-state index is 10.5. The van der Waals surface area contributed by atoms with E-state index in [4.69, 9.17) is 5.73 Å². The second-order valence-electron chi connectivity index (χ2n) is 1.48. The molecule has 8 heavy (non-hydrogen) atoms. The van der Waals surface area contributed by atoms with Crippen molar-refractivity contribution in [1.29, 1.82) is 0 Å². The van der Waals surface area contributed by atoms with Crippen LogP contribution in [0.25, 0.3) is 0 Å². The van der Waals surface area contributed by atoms with Crippen LogP contribution in [0, 0.1) is 0 Å². The first-order chi connectivity index (χ1) is 3.72. The zero-order valence-corrected chi connectivity index (χ0v) is 4.42. The Bertz CT molecular complexity index is 212. The molecular formula is C4H6N2O2. The summed E-state index contributed by atoms with van der Waals surface area (Å²) in [7, 11) is 1.50. The number of hydrogen-bond acceptors (Lipinski definition) is 3. The van der Waals surface area contributed by atoms with Crippen molar-refractivity contribution in [2.24, 2.45) is 7.05 Å². The lowest BCUT2D eigenvalue weighted by Crippen LogP contribution is -2.12. The van der Waals surface area contributed by atoms with Crippen molar-refractivity contribution in [2.45, 2.75) is 0 Å². The molecule has 0 aromatic carbocycles. The molecule has 0 aliphatic carbocycles. The lowest BCUT2D eigenvalue weighted by atomic mass is 10.6. The van der Waals surface area contributed by atoms with E-state index in [2.05, 4.69) is 4.52 Å². The number of aromatic nitrogens is 1. The second kappa shape index (κ2) is 1.40. The standard InChI is InChI=1S/C4H6N2O2/c1-6-4(7)3(5)2-8-6/h2H,5H2,1H3. The lowest BCUT2D eigenvalue weighted by molar-refractivity contribution is 0.298. The van der Waals surface area contributed by atoms with Gasteiger partial charge in [0.25, 0.3) is 0 Å².